The molecular formula is C14H28N2. The van der Waals surface area contributed by atoms with Gasteiger partial charge < -0.3 is 5.32 Å². The standard InChI is InChI=1S/C14H28N2/c1-4-13-10-16(9-12-7-8-12)14(5-2,6-3)11-15-13/h12-13,15H,4-11H2,1-3H3. The molecule has 0 radical (unpaired) electrons. The molecule has 1 aliphatic carbocycles. The first-order valence-electron chi connectivity index (χ1n) is 7.22. The van der Waals surface area contributed by atoms with E-state index in [2.05, 4.69) is 31.0 Å². The van der Waals surface area contributed by atoms with Gasteiger partial charge in [-0.15, -0.1) is 0 Å². The summed E-state index contributed by atoms with van der Waals surface area (Å²) < 4.78 is 0. The Bertz CT molecular complexity index is 219. The van der Waals surface area contributed by atoms with Gasteiger partial charge in [-0.05, 0) is 38.0 Å². The summed E-state index contributed by atoms with van der Waals surface area (Å²) in [5.41, 5.74) is 0.453. The van der Waals surface area contributed by atoms with Crippen LogP contribution >= 0.6 is 0 Å². The maximum atomic E-state index is 3.74. The van der Waals surface area contributed by atoms with Gasteiger partial charge >= 0.3 is 0 Å². The third-order valence-electron chi connectivity index (χ3n) is 4.82. The molecule has 2 nitrogen and oxygen atoms in total. The second kappa shape index (κ2) is 5.05. The van der Waals surface area contributed by atoms with Gasteiger partial charge in [-0.2, -0.15) is 0 Å². The maximum Gasteiger partial charge on any atom is 0.0329 e. The fourth-order valence-electron chi connectivity index (χ4n) is 3.07. The van der Waals surface area contributed by atoms with Gasteiger partial charge in [0.25, 0.3) is 0 Å². The molecule has 2 aliphatic rings. The van der Waals surface area contributed by atoms with Crippen LogP contribution in [0.5, 0.6) is 0 Å². The van der Waals surface area contributed by atoms with Crippen molar-refractivity contribution in [3.05, 3.63) is 0 Å². The van der Waals surface area contributed by atoms with Crippen molar-refractivity contribution < 1.29 is 0 Å². The highest BCUT2D eigenvalue weighted by atomic mass is 15.3. The molecule has 0 bridgehead atoms. The summed E-state index contributed by atoms with van der Waals surface area (Å²) in [5, 5.41) is 3.74. The summed E-state index contributed by atoms with van der Waals surface area (Å²) >= 11 is 0. The average molecular weight is 224 g/mol. The lowest BCUT2D eigenvalue weighted by atomic mass is 9.86. The molecule has 1 unspecified atom stereocenters. The molecule has 1 N–H and O–H groups in total. The molecule has 1 atom stereocenters. The molecule has 0 aromatic heterocycles. The maximum absolute atomic E-state index is 3.74. The minimum atomic E-state index is 0.453. The van der Waals surface area contributed by atoms with Crippen LogP contribution in [0.25, 0.3) is 0 Å². The summed E-state index contributed by atoms with van der Waals surface area (Å²) in [7, 11) is 0. The lowest BCUT2D eigenvalue weighted by molar-refractivity contribution is 0.0270. The molecular weight excluding hydrogens is 196 g/mol. The van der Waals surface area contributed by atoms with Crippen molar-refractivity contribution in [1.82, 2.24) is 10.2 Å². The van der Waals surface area contributed by atoms with E-state index in [4.69, 9.17) is 0 Å². The second-order valence-corrected chi connectivity index (χ2v) is 5.77. The van der Waals surface area contributed by atoms with E-state index in [-0.39, 0.29) is 0 Å². The molecule has 1 heterocycles. The van der Waals surface area contributed by atoms with Gasteiger partial charge in [0, 0.05) is 31.2 Å². The van der Waals surface area contributed by atoms with Crippen molar-refractivity contribution in [2.45, 2.75) is 64.5 Å². The zero-order valence-electron chi connectivity index (χ0n) is 11.3. The van der Waals surface area contributed by atoms with Crippen LogP contribution in [0.4, 0.5) is 0 Å². The number of hydrogen-bond donors (Lipinski definition) is 1. The highest BCUT2D eigenvalue weighted by Crippen LogP contribution is 2.35. The summed E-state index contributed by atoms with van der Waals surface area (Å²) in [6.07, 6.45) is 6.80. The zero-order chi connectivity index (χ0) is 11.6. The first-order valence-corrected chi connectivity index (χ1v) is 7.22. The molecule has 16 heavy (non-hydrogen) atoms. The molecule has 1 saturated carbocycles. The molecule has 0 aromatic rings. The summed E-state index contributed by atoms with van der Waals surface area (Å²) in [6.45, 7) is 10.9. The van der Waals surface area contributed by atoms with E-state index in [0.717, 1.165) is 12.0 Å². The normalized spacial score (nSPS) is 30.6. The Hall–Kier alpha value is -0.0800. The van der Waals surface area contributed by atoms with Crippen molar-refractivity contribution >= 4 is 0 Å². The lowest BCUT2D eigenvalue weighted by Crippen LogP contribution is -2.64. The highest BCUT2D eigenvalue weighted by molar-refractivity contribution is 4.98. The lowest BCUT2D eigenvalue weighted by Gasteiger charge is -2.50. The number of nitrogens with one attached hydrogen (secondary N) is 1. The largest absolute Gasteiger partial charge is 0.311 e. The fraction of sp³-hybridized carbons (Fsp3) is 1.00. The molecule has 0 amide bonds. The molecule has 2 fully saturated rings. The van der Waals surface area contributed by atoms with E-state index in [1.807, 2.05) is 0 Å². The first-order chi connectivity index (χ1) is 7.74. The number of rotatable bonds is 5. The monoisotopic (exact) mass is 224 g/mol. The second-order valence-electron chi connectivity index (χ2n) is 5.77. The van der Waals surface area contributed by atoms with Crippen LogP contribution < -0.4 is 5.32 Å². The van der Waals surface area contributed by atoms with Crippen LogP contribution in [-0.2, 0) is 0 Å². The molecule has 1 saturated heterocycles. The van der Waals surface area contributed by atoms with Crippen molar-refractivity contribution in [1.29, 1.82) is 0 Å². The van der Waals surface area contributed by atoms with Crippen molar-refractivity contribution in [3.63, 3.8) is 0 Å². The zero-order valence-corrected chi connectivity index (χ0v) is 11.3. The van der Waals surface area contributed by atoms with E-state index >= 15 is 0 Å². The summed E-state index contributed by atoms with van der Waals surface area (Å²) in [6, 6.07) is 0.727. The Morgan fingerprint density at radius 2 is 1.88 bits per heavy atom. The topological polar surface area (TPSA) is 15.3 Å². The third-order valence-corrected chi connectivity index (χ3v) is 4.82. The van der Waals surface area contributed by atoms with Crippen LogP contribution in [0.2, 0.25) is 0 Å². The van der Waals surface area contributed by atoms with Crippen LogP contribution in [-0.4, -0.2) is 36.1 Å². The van der Waals surface area contributed by atoms with Crippen LogP contribution in [0.15, 0.2) is 0 Å². The summed E-state index contributed by atoms with van der Waals surface area (Å²) in [5.74, 6) is 1.02. The van der Waals surface area contributed by atoms with Gasteiger partial charge in [-0.3, -0.25) is 4.90 Å². The van der Waals surface area contributed by atoms with Gasteiger partial charge in [0.2, 0.25) is 0 Å². The van der Waals surface area contributed by atoms with Crippen LogP contribution in [0.3, 0.4) is 0 Å². The van der Waals surface area contributed by atoms with Crippen molar-refractivity contribution in [2.24, 2.45) is 5.92 Å². The van der Waals surface area contributed by atoms with Gasteiger partial charge in [-0.1, -0.05) is 20.8 Å². The van der Waals surface area contributed by atoms with E-state index in [1.165, 1.54) is 51.7 Å². The smallest absolute Gasteiger partial charge is 0.0329 e. The Balaban J connectivity index is 2.03. The Kier molecular flexibility index (Phi) is 3.91. The Morgan fingerprint density at radius 3 is 2.38 bits per heavy atom. The van der Waals surface area contributed by atoms with Crippen molar-refractivity contribution in [2.75, 3.05) is 19.6 Å². The molecule has 0 aromatic carbocycles. The van der Waals surface area contributed by atoms with Crippen molar-refractivity contribution in [3.8, 4) is 0 Å². The van der Waals surface area contributed by atoms with E-state index in [1.54, 1.807) is 0 Å². The molecule has 1 aliphatic heterocycles. The number of piperazine rings is 1. The Morgan fingerprint density at radius 1 is 1.19 bits per heavy atom. The number of nitrogens with zero attached hydrogens (tertiary/aromatic N) is 1. The van der Waals surface area contributed by atoms with E-state index < -0.39 is 0 Å². The molecule has 2 heteroatoms. The van der Waals surface area contributed by atoms with Crippen LogP contribution in [0, 0.1) is 5.92 Å². The SMILES string of the molecule is CCC1CN(CC2CC2)C(CC)(CC)CN1. The average Bonchev–Trinajstić information content (AvgIpc) is 3.13. The van der Waals surface area contributed by atoms with Crippen LogP contribution in [0.1, 0.15) is 52.9 Å². The minimum Gasteiger partial charge on any atom is -0.311 e. The van der Waals surface area contributed by atoms with Gasteiger partial charge in [-0.25, -0.2) is 0 Å². The Labute approximate surface area is 101 Å². The fourth-order valence-corrected chi connectivity index (χ4v) is 3.07. The van der Waals surface area contributed by atoms with Gasteiger partial charge in [0.1, 0.15) is 0 Å². The predicted octanol–water partition coefficient (Wildman–Crippen LogP) is 2.64. The molecule has 2 rings (SSSR count). The summed E-state index contributed by atoms with van der Waals surface area (Å²) in [4.78, 5) is 2.81. The van der Waals surface area contributed by atoms with E-state index in [9.17, 15) is 0 Å². The third kappa shape index (κ3) is 2.43. The number of hydrogen-bond acceptors (Lipinski definition) is 2. The molecule has 94 valence electrons. The highest BCUT2D eigenvalue weighted by Gasteiger charge is 2.40. The predicted molar refractivity (Wildman–Crippen MR) is 69.7 cm³/mol. The minimum absolute atomic E-state index is 0.453. The van der Waals surface area contributed by atoms with Gasteiger partial charge in [0.15, 0.2) is 0 Å². The van der Waals surface area contributed by atoms with Gasteiger partial charge in [0.05, 0.1) is 0 Å². The molecule has 0 spiro atoms. The van der Waals surface area contributed by atoms with E-state index in [0.29, 0.717) is 5.54 Å². The quantitative estimate of drug-likeness (QED) is 0.772. The first kappa shape index (κ1) is 12.4.